The Morgan fingerprint density at radius 2 is 1.68 bits per heavy atom. The topological polar surface area (TPSA) is 20.2 Å². The van der Waals surface area contributed by atoms with Gasteiger partial charge in [0.25, 0.3) is 0 Å². The standard InChI is InChI=1S/C16H16ClFO/c1-10-7-14(15(17)8-11(10)2)16(19)9-12-3-5-13(18)6-4-12/h3-8,16,19H,9H2,1-2H3. The van der Waals surface area contributed by atoms with Gasteiger partial charge < -0.3 is 5.11 Å². The summed E-state index contributed by atoms with van der Waals surface area (Å²) in [4.78, 5) is 0. The molecule has 0 aliphatic heterocycles. The second-order valence-corrected chi connectivity index (χ2v) is 5.21. The molecule has 1 N–H and O–H groups in total. The van der Waals surface area contributed by atoms with Crippen molar-refractivity contribution in [3.63, 3.8) is 0 Å². The van der Waals surface area contributed by atoms with E-state index in [1.54, 1.807) is 12.1 Å². The first-order valence-electron chi connectivity index (χ1n) is 6.16. The Balaban J connectivity index is 2.22. The maximum atomic E-state index is 12.8. The Bertz CT molecular complexity index is 578. The molecule has 2 aromatic carbocycles. The van der Waals surface area contributed by atoms with Gasteiger partial charge in [-0.15, -0.1) is 0 Å². The van der Waals surface area contributed by atoms with Gasteiger partial charge in [0.05, 0.1) is 6.10 Å². The third-order valence-electron chi connectivity index (χ3n) is 3.31. The Hall–Kier alpha value is -1.38. The van der Waals surface area contributed by atoms with Crippen molar-refractivity contribution in [1.29, 1.82) is 0 Å². The number of hydrogen-bond donors (Lipinski definition) is 1. The second-order valence-electron chi connectivity index (χ2n) is 4.80. The summed E-state index contributed by atoms with van der Waals surface area (Å²) in [6, 6.07) is 9.90. The molecule has 1 atom stereocenters. The fourth-order valence-corrected chi connectivity index (χ4v) is 2.36. The Kier molecular flexibility index (Phi) is 4.23. The Morgan fingerprint density at radius 3 is 2.32 bits per heavy atom. The van der Waals surface area contributed by atoms with Gasteiger partial charge in [-0.2, -0.15) is 0 Å². The van der Waals surface area contributed by atoms with E-state index >= 15 is 0 Å². The van der Waals surface area contributed by atoms with Crippen LogP contribution >= 0.6 is 11.6 Å². The van der Waals surface area contributed by atoms with E-state index in [0.29, 0.717) is 17.0 Å². The molecule has 1 unspecified atom stereocenters. The predicted octanol–water partition coefficient (Wildman–Crippen LogP) is 4.37. The molecule has 100 valence electrons. The SMILES string of the molecule is Cc1cc(Cl)c(C(O)Cc2ccc(F)cc2)cc1C. The van der Waals surface area contributed by atoms with Crippen molar-refractivity contribution in [2.75, 3.05) is 0 Å². The zero-order valence-electron chi connectivity index (χ0n) is 11.0. The van der Waals surface area contributed by atoms with Crippen molar-refractivity contribution in [3.05, 3.63) is 69.5 Å². The number of rotatable bonds is 3. The molecule has 0 heterocycles. The summed E-state index contributed by atoms with van der Waals surface area (Å²) >= 11 is 6.17. The van der Waals surface area contributed by atoms with Crippen LogP contribution in [0.5, 0.6) is 0 Å². The minimum absolute atomic E-state index is 0.276. The summed E-state index contributed by atoms with van der Waals surface area (Å²) in [5, 5.41) is 10.8. The molecule has 0 bridgehead atoms. The van der Waals surface area contributed by atoms with Gasteiger partial charge in [-0.05, 0) is 54.3 Å². The van der Waals surface area contributed by atoms with Crippen LogP contribution in [0.3, 0.4) is 0 Å². The monoisotopic (exact) mass is 278 g/mol. The molecule has 0 radical (unpaired) electrons. The maximum Gasteiger partial charge on any atom is 0.123 e. The van der Waals surface area contributed by atoms with Crippen LogP contribution in [-0.4, -0.2) is 5.11 Å². The Labute approximate surface area is 117 Å². The summed E-state index contributed by atoms with van der Waals surface area (Å²) in [7, 11) is 0. The largest absolute Gasteiger partial charge is 0.388 e. The van der Waals surface area contributed by atoms with Gasteiger partial charge in [0, 0.05) is 11.4 Å². The zero-order valence-corrected chi connectivity index (χ0v) is 11.7. The number of aliphatic hydroxyl groups excluding tert-OH is 1. The molecule has 0 aliphatic rings. The van der Waals surface area contributed by atoms with E-state index in [4.69, 9.17) is 11.6 Å². The van der Waals surface area contributed by atoms with Crippen LogP contribution in [0.15, 0.2) is 36.4 Å². The summed E-state index contributed by atoms with van der Waals surface area (Å²) in [6.07, 6.45) is -0.264. The molecule has 2 aromatic rings. The van der Waals surface area contributed by atoms with Gasteiger partial charge in [-0.25, -0.2) is 4.39 Å². The molecule has 0 aromatic heterocycles. The van der Waals surface area contributed by atoms with Crippen LogP contribution in [0, 0.1) is 19.7 Å². The van der Waals surface area contributed by atoms with Crippen molar-refractivity contribution < 1.29 is 9.50 Å². The fraction of sp³-hybridized carbons (Fsp3) is 0.250. The van der Waals surface area contributed by atoms with E-state index in [9.17, 15) is 9.50 Å². The zero-order chi connectivity index (χ0) is 14.0. The van der Waals surface area contributed by atoms with E-state index in [0.717, 1.165) is 16.7 Å². The lowest BCUT2D eigenvalue weighted by molar-refractivity contribution is 0.178. The molecule has 19 heavy (non-hydrogen) atoms. The number of aliphatic hydroxyl groups is 1. The van der Waals surface area contributed by atoms with Crippen LogP contribution in [0.1, 0.15) is 28.4 Å². The number of halogens is 2. The third-order valence-corrected chi connectivity index (χ3v) is 3.64. The number of hydrogen-bond acceptors (Lipinski definition) is 1. The molecule has 0 fully saturated rings. The Morgan fingerprint density at radius 1 is 1.11 bits per heavy atom. The van der Waals surface area contributed by atoms with E-state index in [-0.39, 0.29) is 5.82 Å². The van der Waals surface area contributed by atoms with Crippen LogP contribution < -0.4 is 0 Å². The summed E-state index contributed by atoms with van der Waals surface area (Å²) in [5.41, 5.74) is 3.79. The van der Waals surface area contributed by atoms with Crippen molar-refractivity contribution in [1.82, 2.24) is 0 Å². The van der Waals surface area contributed by atoms with Crippen LogP contribution in [0.2, 0.25) is 5.02 Å². The summed E-state index contributed by atoms with van der Waals surface area (Å²) < 4.78 is 12.8. The van der Waals surface area contributed by atoms with Gasteiger partial charge in [0.15, 0.2) is 0 Å². The molecule has 0 amide bonds. The third kappa shape index (κ3) is 3.34. The molecule has 0 aliphatic carbocycles. The molecule has 0 spiro atoms. The molecule has 3 heteroatoms. The predicted molar refractivity (Wildman–Crippen MR) is 76.0 cm³/mol. The maximum absolute atomic E-state index is 12.8. The van der Waals surface area contributed by atoms with E-state index in [1.165, 1.54) is 12.1 Å². The molecule has 0 saturated heterocycles. The van der Waals surface area contributed by atoms with Gasteiger partial charge in [0.2, 0.25) is 0 Å². The van der Waals surface area contributed by atoms with Crippen LogP contribution in [-0.2, 0) is 6.42 Å². The minimum Gasteiger partial charge on any atom is -0.388 e. The highest BCUT2D eigenvalue weighted by Gasteiger charge is 2.13. The van der Waals surface area contributed by atoms with E-state index in [2.05, 4.69) is 0 Å². The fourth-order valence-electron chi connectivity index (χ4n) is 2.01. The van der Waals surface area contributed by atoms with Gasteiger partial charge in [-0.1, -0.05) is 29.8 Å². The smallest absolute Gasteiger partial charge is 0.123 e. The first-order chi connectivity index (χ1) is 8.97. The van der Waals surface area contributed by atoms with Gasteiger partial charge >= 0.3 is 0 Å². The quantitative estimate of drug-likeness (QED) is 0.884. The lowest BCUT2D eigenvalue weighted by Crippen LogP contribution is -2.03. The second kappa shape index (κ2) is 5.72. The van der Waals surface area contributed by atoms with E-state index < -0.39 is 6.10 Å². The first kappa shape index (κ1) is 14.0. The van der Waals surface area contributed by atoms with Crippen molar-refractivity contribution in [2.24, 2.45) is 0 Å². The van der Waals surface area contributed by atoms with Crippen molar-refractivity contribution >= 4 is 11.6 Å². The lowest BCUT2D eigenvalue weighted by atomic mass is 9.98. The highest BCUT2D eigenvalue weighted by Crippen LogP contribution is 2.28. The summed E-state index contributed by atoms with van der Waals surface area (Å²) in [5.74, 6) is -0.276. The van der Waals surface area contributed by atoms with Crippen molar-refractivity contribution in [2.45, 2.75) is 26.4 Å². The van der Waals surface area contributed by atoms with Gasteiger partial charge in [-0.3, -0.25) is 0 Å². The number of benzene rings is 2. The van der Waals surface area contributed by atoms with Gasteiger partial charge in [0.1, 0.15) is 5.82 Å². The summed E-state index contributed by atoms with van der Waals surface area (Å²) in [6.45, 7) is 3.97. The average molecular weight is 279 g/mol. The number of aryl methyl sites for hydroxylation is 2. The molecule has 0 saturated carbocycles. The molecular weight excluding hydrogens is 263 g/mol. The first-order valence-corrected chi connectivity index (χ1v) is 6.54. The minimum atomic E-state index is -0.683. The van der Waals surface area contributed by atoms with Crippen LogP contribution in [0.4, 0.5) is 4.39 Å². The highest BCUT2D eigenvalue weighted by atomic mass is 35.5. The normalized spacial score (nSPS) is 12.5. The molecular formula is C16H16ClFO. The molecule has 1 nitrogen and oxygen atoms in total. The van der Waals surface area contributed by atoms with Crippen molar-refractivity contribution in [3.8, 4) is 0 Å². The highest BCUT2D eigenvalue weighted by molar-refractivity contribution is 6.31. The van der Waals surface area contributed by atoms with E-state index in [1.807, 2.05) is 26.0 Å². The molecule has 2 rings (SSSR count). The average Bonchev–Trinajstić information content (AvgIpc) is 2.36. The van der Waals surface area contributed by atoms with Crippen LogP contribution in [0.25, 0.3) is 0 Å². The lowest BCUT2D eigenvalue weighted by Gasteiger charge is -2.15.